The Balaban J connectivity index is 2.54. The lowest BCUT2D eigenvalue weighted by molar-refractivity contribution is 0.215. The number of benzene rings is 2. The summed E-state index contributed by atoms with van der Waals surface area (Å²) in [6.45, 7) is 3.97. The van der Waals surface area contributed by atoms with Gasteiger partial charge in [0.2, 0.25) is 0 Å². The van der Waals surface area contributed by atoms with Gasteiger partial charge >= 0.3 is 0 Å². The van der Waals surface area contributed by atoms with Crippen molar-refractivity contribution in [3.63, 3.8) is 0 Å². The fourth-order valence-electron chi connectivity index (χ4n) is 2.10. The second-order valence-electron chi connectivity index (χ2n) is 4.75. The molecule has 0 fully saturated rings. The number of hydrogen-bond donors (Lipinski definition) is 1. The molecule has 2 rings (SSSR count). The Morgan fingerprint density at radius 2 is 1.65 bits per heavy atom. The van der Waals surface area contributed by atoms with Crippen molar-refractivity contribution in [2.24, 2.45) is 0 Å². The smallest absolute Gasteiger partial charge is 0.125 e. The highest BCUT2D eigenvalue weighted by Gasteiger charge is 2.19. The molecule has 0 aliphatic carbocycles. The van der Waals surface area contributed by atoms with Gasteiger partial charge in [0.05, 0.1) is 7.11 Å². The zero-order valence-electron chi connectivity index (χ0n) is 11.6. The van der Waals surface area contributed by atoms with E-state index in [-0.39, 0.29) is 0 Å². The van der Waals surface area contributed by atoms with Crippen molar-refractivity contribution < 1.29 is 9.84 Å². The van der Waals surface area contributed by atoms with Crippen LogP contribution in [-0.4, -0.2) is 12.2 Å². The standard InChI is InChI=1S/C16H16Cl2O2/c1-9-6-12(14(18)7-10(9)2)16(19)13-8-11(17)4-5-15(13)20-3/h4-8,16,19H,1-3H3. The Bertz CT molecular complexity index is 639. The first-order chi connectivity index (χ1) is 9.43. The zero-order valence-corrected chi connectivity index (χ0v) is 13.1. The fraction of sp³-hybridized carbons (Fsp3) is 0.250. The van der Waals surface area contributed by atoms with Crippen LogP contribution < -0.4 is 4.74 Å². The van der Waals surface area contributed by atoms with E-state index in [1.165, 1.54) is 0 Å². The van der Waals surface area contributed by atoms with E-state index in [2.05, 4.69) is 0 Å². The molecule has 1 unspecified atom stereocenters. The molecule has 1 N–H and O–H groups in total. The van der Waals surface area contributed by atoms with Crippen molar-refractivity contribution in [1.29, 1.82) is 0 Å². The molecule has 20 heavy (non-hydrogen) atoms. The molecule has 0 bridgehead atoms. The van der Waals surface area contributed by atoms with Crippen LogP contribution in [-0.2, 0) is 0 Å². The molecule has 2 aromatic rings. The van der Waals surface area contributed by atoms with Gasteiger partial charge in [-0.15, -0.1) is 0 Å². The number of methoxy groups -OCH3 is 1. The Morgan fingerprint density at radius 1 is 1.00 bits per heavy atom. The van der Waals surface area contributed by atoms with Crippen molar-refractivity contribution >= 4 is 23.2 Å². The molecule has 0 amide bonds. The summed E-state index contributed by atoms with van der Waals surface area (Å²) in [4.78, 5) is 0. The molecule has 0 saturated carbocycles. The monoisotopic (exact) mass is 310 g/mol. The van der Waals surface area contributed by atoms with Crippen molar-refractivity contribution in [3.8, 4) is 5.75 Å². The van der Waals surface area contributed by atoms with Gasteiger partial charge in [-0.05, 0) is 49.2 Å². The second kappa shape index (κ2) is 6.04. The summed E-state index contributed by atoms with van der Waals surface area (Å²) in [5.41, 5.74) is 3.41. The van der Waals surface area contributed by atoms with E-state index in [1.54, 1.807) is 25.3 Å². The van der Waals surface area contributed by atoms with Gasteiger partial charge in [-0.25, -0.2) is 0 Å². The van der Waals surface area contributed by atoms with Crippen LogP contribution in [0.5, 0.6) is 5.75 Å². The summed E-state index contributed by atoms with van der Waals surface area (Å²) in [6, 6.07) is 8.89. The van der Waals surface area contributed by atoms with Crippen molar-refractivity contribution in [2.45, 2.75) is 20.0 Å². The number of aryl methyl sites for hydroxylation is 2. The third-order valence-corrected chi connectivity index (χ3v) is 3.96. The molecular weight excluding hydrogens is 295 g/mol. The summed E-state index contributed by atoms with van der Waals surface area (Å²) in [6.07, 6.45) is -0.879. The van der Waals surface area contributed by atoms with E-state index in [0.29, 0.717) is 26.9 Å². The maximum atomic E-state index is 10.6. The summed E-state index contributed by atoms with van der Waals surface area (Å²) in [7, 11) is 1.56. The van der Waals surface area contributed by atoms with Crippen molar-refractivity contribution in [1.82, 2.24) is 0 Å². The first-order valence-electron chi connectivity index (χ1n) is 6.22. The van der Waals surface area contributed by atoms with Gasteiger partial charge in [-0.2, -0.15) is 0 Å². The molecule has 0 aromatic heterocycles. The SMILES string of the molecule is COc1ccc(Cl)cc1C(O)c1cc(C)c(C)cc1Cl. The van der Waals surface area contributed by atoms with Crippen LogP contribution in [0.25, 0.3) is 0 Å². The van der Waals surface area contributed by atoms with E-state index >= 15 is 0 Å². The van der Waals surface area contributed by atoms with Gasteiger partial charge in [0, 0.05) is 21.2 Å². The molecule has 0 aliphatic rings. The lowest BCUT2D eigenvalue weighted by atomic mass is 9.97. The molecule has 4 heteroatoms. The van der Waals surface area contributed by atoms with E-state index in [9.17, 15) is 5.11 Å². The van der Waals surface area contributed by atoms with Gasteiger partial charge in [0.25, 0.3) is 0 Å². The third kappa shape index (κ3) is 2.93. The average Bonchev–Trinajstić information content (AvgIpc) is 2.42. The van der Waals surface area contributed by atoms with Gasteiger partial charge in [0.15, 0.2) is 0 Å². The fourth-order valence-corrected chi connectivity index (χ4v) is 2.60. The number of hydrogen-bond acceptors (Lipinski definition) is 2. The molecule has 0 spiro atoms. The Morgan fingerprint density at radius 3 is 2.30 bits per heavy atom. The van der Waals surface area contributed by atoms with Gasteiger partial charge in [-0.1, -0.05) is 29.3 Å². The van der Waals surface area contributed by atoms with E-state index in [4.69, 9.17) is 27.9 Å². The molecule has 2 nitrogen and oxygen atoms in total. The van der Waals surface area contributed by atoms with Gasteiger partial charge < -0.3 is 9.84 Å². The number of halogens is 2. The normalized spacial score (nSPS) is 12.3. The quantitative estimate of drug-likeness (QED) is 0.890. The van der Waals surface area contributed by atoms with E-state index in [1.807, 2.05) is 26.0 Å². The molecule has 2 aromatic carbocycles. The van der Waals surface area contributed by atoms with Crippen molar-refractivity contribution in [3.05, 3.63) is 62.6 Å². The Kier molecular flexibility index (Phi) is 4.59. The minimum Gasteiger partial charge on any atom is -0.496 e. The van der Waals surface area contributed by atoms with E-state index < -0.39 is 6.10 Å². The topological polar surface area (TPSA) is 29.5 Å². The van der Waals surface area contributed by atoms with E-state index in [0.717, 1.165) is 11.1 Å². The summed E-state index contributed by atoms with van der Waals surface area (Å²) in [5.74, 6) is 0.580. The van der Waals surface area contributed by atoms with Crippen LogP contribution in [0.4, 0.5) is 0 Å². The highest BCUT2D eigenvalue weighted by Crippen LogP contribution is 2.36. The number of aliphatic hydroxyl groups excluding tert-OH is 1. The first-order valence-corrected chi connectivity index (χ1v) is 6.97. The van der Waals surface area contributed by atoms with Crippen LogP contribution in [0.3, 0.4) is 0 Å². The predicted octanol–water partition coefficient (Wildman–Crippen LogP) is 4.70. The van der Waals surface area contributed by atoms with Crippen LogP contribution in [0.15, 0.2) is 30.3 Å². The number of ether oxygens (including phenoxy) is 1. The number of rotatable bonds is 3. The lowest BCUT2D eigenvalue weighted by Crippen LogP contribution is -2.04. The maximum Gasteiger partial charge on any atom is 0.125 e. The van der Waals surface area contributed by atoms with Crippen LogP contribution in [0, 0.1) is 13.8 Å². The summed E-state index contributed by atoms with van der Waals surface area (Å²) < 4.78 is 5.28. The zero-order chi connectivity index (χ0) is 14.9. The van der Waals surface area contributed by atoms with Crippen LogP contribution >= 0.6 is 23.2 Å². The third-order valence-electron chi connectivity index (χ3n) is 3.39. The Hall–Kier alpha value is -1.22. The molecule has 1 atom stereocenters. The predicted molar refractivity (Wildman–Crippen MR) is 83.0 cm³/mol. The minimum absolute atomic E-state index is 0.530. The Labute approximate surface area is 128 Å². The average molecular weight is 311 g/mol. The second-order valence-corrected chi connectivity index (χ2v) is 5.59. The van der Waals surface area contributed by atoms with Crippen LogP contribution in [0.1, 0.15) is 28.4 Å². The molecule has 0 radical (unpaired) electrons. The van der Waals surface area contributed by atoms with Gasteiger partial charge in [-0.3, -0.25) is 0 Å². The first kappa shape index (κ1) is 15.2. The lowest BCUT2D eigenvalue weighted by Gasteiger charge is -2.18. The largest absolute Gasteiger partial charge is 0.496 e. The molecule has 0 saturated heterocycles. The molecule has 0 aliphatic heterocycles. The summed E-state index contributed by atoms with van der Waals surface area (Å²) in [5, 5.41) is 11.7. The highest BCUT2D eigenvalue weighted by atomic mass is 35.5. The van der Waals surface area contributed by atoms with Crippen molar-refractivity contribution in [2.75, 3.05) is 7.11 Å². The summed E-state index contributed by atoms with van der Waals surface area (Å²) >= 11 is 12.2. The maximum absolute atomic E-state index is 10.6. The number of aliphatic hydroxyl groups is 1. The molecular formula is C16H16Cl2O2. The van der Waals surface area contributed by atoms with Gasteiger partial charge in [0.1, 0.15) is 11.9 Å². The van der Waals surface area contributed by atoms with Crippen LogP contribution in [0.2, 0.25) is 10.0 Å². The molecule has 0 heterocycles. The highest BCUT2D eigenvalue weighted by molar-refractivity contribution is 6.31. The minimum atomic E-state index is -0.879. The molecule has 106 valence electrons.